The van der Waals surface area contributed by atoms with Crippen LogP contribution in [0.2, 0.25) is 5.28 Å². The van der Waals surface area contributed by atoms with Crippen molar-refractivity contribution in [1.82, 2.24) is 15.0 Å². The monoisotopic (exact) mass is 253 g/mol. The number of hydrogen-bond donors (Lipinski definition) is 1. The first-order chi connectivity index (χ1) is 7.99. The number of hydrogen-bond acceptors (Lipinski definition) is 4. The average Bonchev–Trinajstić information content (AvgIpc) is 2.52. The van der Waals surface area contributed by atoms with E-state index in [1.807, 2.05) is 0 Å². The van der Waals surface area contributed by atoms with Gasteiger partial charge in [0, 0.05) is 5.69 Å². The van der Waals surface area contributed by atoms with E-state index in [1.165, 1.54) is 0 Å². The molecule has 0 saturated carbocycles. The number of aryl methyl sites for hydroxylation is 1. The maximum Gasteiger partial charge on any atom is 0.342 e. The predicted octanol–water partition coefficient (Wildman–Crippen LogP) is 2.48. The molecule has 1 N–H and O–H groups in total. The van der Waals surface area contributed by atoms with Crippen molar-refractivity contribution in [2.45, 2.75) is 26.9 Å². The zero-order valence-corrected chi connectivity index (χ0v) is 10.5. The highest BCUT2D eigenvalue weighted by atomic mass is 35.5. The molecule has 0 amide bonds. The highest BCUT2D eigenvalue weighted by Crippen LogP contribution is 2.22. The van der Waals surface area contributed by atoms with Crippen molar-refractivity contribution in [2.24, 2.45) is 0 Å². The Bertz CT molecular complexity index is 577. The van der Waals surface area contributed by atoms with Crippen LogP contribution in [-0.4, -0.2) is 27.0 Å². The maximum absolute atomic E-state index is 11.9. The van der Waals surface area contributed by atoms with Gasteiger partial charge in [0.25, 0.3) is 0 Å². The van der Waals surface area contributed by atoms with E-state index in [0.717, 1.165) is 0 Å². The van der Waals surface area contributed by atoms with E-state index in [0.29, 0.717) is 22.3 Å². The van der Waals surface area contributed by atoms with Crippen LogP contribution >= 0.6 is 11.6 Å². The van der Waals surface area contributed by atoms with Crippen LogP contribution in [0.4, 0.5) is 0 Å². The van der Waals surface area contributed by atoms with Crippen molar-refractivity contribution in [3.63, 3.8) is 0 Å². The lowest BCUT2D eigenvalue weighted by molar-refractivity contribution is 0.0379. The minimum absolute atomic E-state index is 0.107. The lowest BCUT2D eigenvalue weighted by Gasteiger charge is -2.07. The number of ether oxygens (including phenoxy) is 1. The van der Waals surface area contributed by atoms with Crippen LogP contribution in [0.25, 0.3) is 11.0 Å². The third kappa shape index (κ3) is 2.24. The Hall–Kier alpha value is -1.62. The molecule has 5 nitrogen and oxygen atoms in total. The normalized spacial score (nSPS) is 11.1. The number of rotatable bonds is 2. The highest BCUT2D eigenvalue weighted by Gasteiger charge is 2.20. The van der Waals surface area contributed by atoms with E-state index in [2.05, 4.69) is 15.0 Å². The maximum atomic E-state index is 11.9. The predicted molar refractivity (Wildman–Crippen MR) is 64.2 cm³/mol. The van der Waals surface area contributed by atoms with Crippen LogP contribution in [-0.2, 0) is 4.74 Å². The van der Waals surface area contributed by atoms with Crippen molar-refractivity contribution in [3.8, 4) is 0 Å². The van der Waals surface area contributed by atoms with Gasteiger partial charge in [-0.25, -0.2) is 14.8 Å². The Balaban J connectivity index is 2.55. The van der Waals surface area contributed by atoms with Crippen molar-refractivity contribution in [1.29, 1.82) is 0 Å². The van der Waals surface area contributed by atoms with Gasteiger partial charge in [-0.1, -0.05) is 0 Å². The molecule has 0 aliphatic carbocycles. The van der Waals surface area contributed by atoms with E-state index in [1.54, 1.807) is 27.0 Å². The number of aromatic amines is 1. The Morgan fingerprint density at radius 3 is 2.88 bits per heavy atom. The summed E-state index contributed by atoms with van der Waals surface area (Å²) >= 11 is 5.72. The van der Waals surface area contributed by atoms with Crippen LogP contribution in [0.15, 0.2) is 6.20 Å². The fourth-order valence-electron chi connectivity index (χ4n) is 1.61. The van der Waals surface area contributed by atoms with Gasteiger partial charge in [0.15, 0.2) is 0 Å². The molecular weight excluding hydrogens is 242 g/mol. The largest absolute Gasteiger partial charge is 0.459 e. The number of halogens is 1. The summed E-state index contributed by atoms with van der Waals surface area (Å²) < 4.78 is 5.16. The third-order valence-corrected chi connectivity index (χ3v) is 2.42. The second-order valence-electron chi connectivity index (χ2n) is 3.98. The summed E-state index contributed by atoms with van der Waals surface area (Å²) in [5.74, 6) is -0.404. The molecule has 0 aliphatic rings. The molecule has 0 aromatic carbocycles. The van der Waals surface area contributed by atoms with Crippen molar-refractivity contribution in [3.05, 3.63) is 22.7 Å². The van der Waals surface area contributed by atoms with Crippen LogP contribution in [0.3, 0.4) is 0 Å². The van der Waals surface area contributed by atoms with E-state index < -0.39 is 5.97 Å². The number of fused-ring (bicyclic) bond motifs is 1. The van der Waals surface area contributed by atoms with Crippen molar-refractivity contribution >= 4 is 28.6 Å². The first-order valence-electron chi connectivity index (χ1n) is 5.21. The molecule has 0 unspecified atom stereocenters. The Labute approximate surface area is 103 Å². The number of carbonyl (C=O) groups is 1. The zero-order chi connectivity index (χ0) is 12.6. The number of carbonyl (C=O) groups excluding carboxylic acids is 1. The lowest BCUT2D eigenvalue weighted by Crippen LogP contribution is -2.12. The van der Waals surface area contributed by atoms with Gasteiger partial charge in [0.1, 0.15) is 11.1 Å². The van der Waals surface area contributed by atoms with Gasteiger partial charge < -0.3 is 9.72 Å². The summed E-state index contributed by atoms with van der Waals surface area (Å²) in [5, 5.41) is 0.107. The molecule has 2 rings (SSSR count). The van der Waals surface area contributed by atoms with Crippen LogP contribution in [0, 0.1) is 6.92 Å². The Kier molecular flexibility index (Phi) is 3.02. The molecule has 0 aliphatic heterocycles. The van der Waals surface area contributed by atoms with Gasteiger partial charge in [0.05, 0.1) is 17.8 Å². The molecule has 2 heterocycles. The fraction of sp³-hybridized carbons (Fsp3) is 0.364. The number of nitrogens with zero attached hydrogens (tertiary/aromatic N) is 2. The molecule has 0 fully saturated rings. The third-order valence-electron chi connectivity index (χ3n) is 2.24. The minimum Gasteiger partial charge on any atom is -0.459 e. The topological polar surface area (TPSA) is 67.9 Å². The average molecular weight is 254 g/mol. The molecule has 2 aromatic heterocycles. The molecule has 90 valence electrons. The number of H-pyrrole nitrogens is 1. The summed E-state index contributed by atoms with van der Waals surface area (Å²) in [4.78, 5) is 22.8. The Morgan fingerprint density at radius 1 is 1.53 bits per heavy atom. The summed E-state index contributed by atoms with van der Waals surface area (Å²) in [6.45, 7) is 5.38. The van der Waals surface area contributed by atoms with Crippen LogP contribution in [0.1, 0.15) is 29.9 Å². The smallest absolute Gasteiger partial charge is 0.342 e. The number of nitrogens with one attached hydrogen (secondary N) is 1. The van der Waals surface area contributed by atoms with Crippen LogP contribution < -0.4 is 0 Å². The SMILES string of the molecule is Cc1[nH]c2cnc(Cl)nc2c1C(=O)OC(C)C. The number of aromatic nitrogens is 3. The summed E-state index contributed by atoms with van der Waals surface area (Å²) in [7, 11) is 0. The van der Waals surface area contributed by atoms with Gasteiger partial charge in [-0.3, -0.25) is 0 Å². The first-order valence-corrected chi connectivity index (χ1v) is 5.58. The van der Waals surface area contributed by atoms with Gasteiger partial charge >= 0.3 is 5.97 Å². The lowest BCUT2D eigenvalue weighted by atomic mass is 10.2. The first kappa shape index (κ1) is 11.9. The second kappa shape index (κ2) is 4.33. The summed E-state index contributed by atoms with van der Waals surface area (Å²) in [6, 6.07) is 0. The molecule has 0 atom stereocenters. The van der Waals surface area contributed by atoms with Gasteiger partial charge in [-0.05, 0) is 32.4 Å². The van der Waals surface area contributed by atoms with E-state index >= 15 is 0 Å². The molecule has 17 heavy (non-hydrogen) atoms. The minimum atomic E-state index is -0.404. The number of esters is 1. The second-order valence-corrected chi connectivity index (χ2v) is 4.32. The van der Waals surface area contributed by atoms with Gasteiger partial charge in [-0.15, -0.1) is 0 Å². The summed E-state index contributed by atoms with van der Waals surface area (Å²) in [5.41, 5.74) is 2.27. The standard InChI is InChI=1S/C11H12ClN3O2/c1-5(2)17-10(16)8-6(3)14-7-4-13-11(12)15-9(7)8/h4-5,14H,1-3H3. The van der Waals surface area contributed by atoms with Crippen LogP contribution in [0.5, 0.6) is 0 Å². The molecule has 0 radical (unpaired) electrons. The molecule has 2 aromatic rings. The molecule has 0 saturated heterocycles. The van der Waals surface area contributed by atoms with E-state index in [4.69, 9.17) is 16.3 Å². The van der Waals surface area contributed by atoms with E-state index in [9.17, 15) is 4.79 Å². The van der Waals surface area contributed by atoms with E-state index in [-0.39, 0.29) is 11.4 Å². The Morgan fingerprint density at radius 2 is 2.24 bits per heavy atom. The summed E-state index contributed by atoms with van der Waals surface area (Å²) in [6.07, 6.45) is 1.37. The van der Waals surface area contributed by atoms with Gasteiger partial charge in [-0.2, -0.15) is 0 Å². The zero-order valence-electron chi connectivity index (χ0n) is 9.74. The molecule has 6 heteroatoms. The molecule has 0 spiro atoms. The van der Waals surface area contributed by atoms with Crippen molar-refractivity contribution in [2.75, 3.05) is 0 Å². The van der Waals surface area contributed by atoms with Gasteiger partial charge in [0.2, 0.25) is 5.28 Å². The molecular formula is C11H12ClN3O2. The van der Waals surface area contributed by atoms with Crippen molar-refractivity contribution < 1.29 is 9.53 Å². The molecule has 0 bridgehead atoms. The fourth-order valence-corrected chi connectivity index (χ4v) is 1.74. The quantitative estimate of drug-likeness (QED) is 0.660. The highest BCUT2D eigenvalue weighted by molar-refractivity contribution is 6.28.